The molecule has 5 nitrogen and oxygen atoms in total. The molecule has 3 aromatic rings. The molecule has 1 N–H and O–H groups in total. The highest BCUT2D eigenvalue weighted by Gasteiger charge is 2.22. The number of aryl methyl sites for hydroxylation is 1. The number of benzene rings is 2. The first kappa shape index (κ1) is 20.4. The van der Waals surface area contributed by atoms with E-state index in [0.717, 1.165) is 22.1 Å². The molecule has 1 amide bonds. The Morgan fingerprint density at radius 2 is 1.82 bits per heavy atom. The average Bonchev–Trinajstić information content (AvgIpc) is 3.11. The zero-order chi connectivity index (χ0) is 20.5. The quantitative estimate of drug-likeness (QED) is 0.640. The number of nitrogens with one attached hydrogen (secondary N) is 1. The summed E-state index contributed by atoms with van der Waals surface area (Å²) in [6.45, 7) is 5.90. The van der Waals surface area contributed by atoms with Crippen LogP contribution < -0.4 is 9.62 Å². The van der Waals surface area contributed by atoms with Crippen molar-refractivity contribution in [1.82, 2.24) is 5.32 Å². The maximum Gasteiger partial charge on any atom is 0.264 e. The van der Waals surface area contributed by atoms with E-state index >= 15 is 0 Å². The minimum atomic E-state index is -3.65. The summed E-state index contributed by atoms with van der Waals surface area (Å²) >= 11 is 1.40. The molecule has 1 atom stereocenters. The van der Waals surface area contributed by atoms with Gasteiger partial charge in [0.25, 0.3) is 15.9 Å². The van der Waals surface area contributed by atoms with Gasteiger partial charge in [0.2, 0.25) is 0 Å². The largest absolute Gasteiger partial charge is 0.349 e. The van der Waals surface area contributed by atoms with Crippen molar-refractivity contribution in [1.29, 1.82) is 0 Å². The normalized spacial score (nSPS) is 12.7. The fraction of sp³-hybridized carbons (Fsp3) is 0.286. The molecule has 0 radical (unpaired) electrons. The standard InChI is InChI=1S/C21H24N2O3S2/c1-5-15(3)22-21(24)20-13-16-12-17(8-11-19(16)27-20)23(4)28(25,26)18-9-6-14(2)7-10-18/h6-13,15H,5H2,1-4H3,(H,22,24)/t15-/m0/s1. The van der Waals surface area contributed by atoms with Crippen molar-refractivity contribution >= 4 is 43.0 Å². The van der Waals surface area contributed by atoms with E-state index in [1.807, 2.05) is 32.9 Å². The first-order valence-electron chi connectivity index (χ1n) is 9.12. The summed E-state index contributed by atoms with van der Waals surface area (Å²) in [5.74, 6) is -0.0993. The van der Waals surface area contributed by atoms with Gasteiger partial charge < -0.3 is 5.32 Å². The molecule has 3 rings (SSSR count). The molecule has 0 aliphatic rings. The third-order valence-corrected chi connectivity index (χ3v) is 7.67. The summed E-state index contributed by atoms with van der Waals surface area (Å²) in [5, 5.41) is 3.81. The molecule has 2 aromatic carbocycles. The van der Waals surface area contributed by atoms with E-state index in [1.54, 1.807) is 43.4 Å². The molecule has 0 aliphatic carbocycles. The molecule has 0 spiro atoms. The minimum absolute atomic E-state index is 0.0993. The van der Waals surface area contributed by atoms with Gasteiger partial charge in [-0.25, -0.2) is 8.42 Å². The van der Waals surface area contributed by atoms with Crippen molar-refractivity contribution < 1.29 is 13.2 Å². The molecule has 148 valence electrons. The van der Waals surface area contributed by atoms with Gasteiger partial charge in [0.1, 0.15) is 0 Å². The maximum absolute atomic E-state index is 12.9. The lowest BCUT2D eigenvalue weighted by molar-refractivity contribution is 0.0943. The van der Waals surface area contributed by atoms with Crippen LogP contribution >= 0.6 is 11.3 Å². The van der Waals surface area contributed by atoms with Crippen LogP contribution in [0.15, 0.2) is 53.4 Å². The Bertz CT molecular complexity index is 1100. The minimum Gasteiger partial charge on any atom is -0.349 e. The second kappa shape index (κ2) is 7.93. The fourth-order valence-corrected chi connectivity index (χ4v) is 4.88. The van der Waals surface area contributed by atoms with Gasteiger partial charge in [-0.3, -0.25) is 9.10 Å². The Hall–Kier alpha value is -2.38. The van der Waals surface area contributed by atoms with Gasteiger partial charge in [0.15, 0.2) is 0 Å². The highest BCUT2D eigenvalue weighted by Crippen LogP contribution is 2.31. The SMILES string of the molecule is CC[C@H](C)NC(=O)c1cc2cc(N(C)S(=O)(=O)c3ccc(C)cc3)ccc2s1. The summed E-state index contributed by atoms with van der Waals surface area (Å²) in [5.41, 5.74) is 1.56. The Morgan fingerprint density at radius 3 is 2.46 bits per heavy atom. The number of fused-ring (bicyclic) bond motifs is 1. The molecule has 0 fully saturated rings. The number of anilines is 1. The summed E-state index contributed by atoms with van der Waals surface area (Å²) in [6, 6.07) is 14.1. The lowest BCUT2D eigenvalue weighted by atomic mass is 10.2. The number of rotatable bonds is 6. The number of carbonyl (C=O) groups excluding carboxylic acids is 1. The number of amides is 1. The second-order valence-electron chi connectivity index (χ2n) is 6.90. The summed E-state index contributed by atoms with van der Waals surface area (Å²) in [6.07, 6.45) is 0.864. The van der Waals surface area contributed by atoms with Crippen LogP contribution in [-0.4, -0.2) is 27.4 Å². The van der Waals surface area contributed by atoms with E-state index in [1.165, 1.54) is 15.6 Å². The number of hydrogen-bond donors (Lipinski definition) is 1. The third-order valence-electron chi connectivity index (χ3n) is 4.76. The molecule has 7 heteroatoms. The van der Waals surface area contributed by atoms with E-state index in [0.29, 0.717) is 10.6 Å². The number of hydrogen-bond acceptors (Lipinski definition) is 4. The summed E-state index contributed by atoms with van der Waals surface area (Å²) < 4.78 is 28.0. The van der Waals surface area contributed by atoms with E-state index < -0.39 is 10.0 Å². The highest BCUT2D eigenvalue weighted by atomic mass is 32.2. The van der Waals surface area contributed by atoms with Crippen molar-refractivity contribution in [3.8, 4) is 0 Å². The van der Waals surface area contributed by atoms with Crippen LogP contribution in [0.5, 0.6) is 0 Å². The zero-order valence-electron chi connectivity index (χ0n) is 16.4. The van der Waals surface area contributed by atoms with E-state index in [-0.39, 0.29) is 16.8 Å². The number of carbonyl (C=O) groups is 1. The van der Waals surface area contributed by atoms with E-state index in [9.17, 15) is 13.2 Å². The van der Waals surface area contributed by atoms with Crippen LogP contribution in [-0.2, 0) is 10.0 Å². The predicted octanol–water partition coefficient (Wildman–Crippen LogP) is 4.56. The predicted molar refractivity (Wildman–Crippen MR) is 116 cm³/mol. The lowest BCUT2D eigenvalue weighted by Gasteiger charge is -2.19. The fourth-order valence-electron chi connectivity index (χ4n) is 2.74. The maximum atomic E-state index is 12.9. The lowest BCUT2D eigenvalue weighted by Crippen LogP contribution is -2.31. The van der Waals surface area contributed by atoms with E-state index in [4.69, 9.17) is 0 Å². The van der Waals surface area contributed by atoms with Crippen LogP contribution in [0.3, 0.4) is 0 Å². The Balaban J connectivity index is 1.91. The molecule has 0 aliphatic heterocycles. The van der Waals surface area contributed by atoms with Gasteiger partial charge in [-0.05, 0) is 62.1 Å². The van der Waals surface area contributed by atoms with Gasteiger partial charge in [-0.1, -0.05) is 24.6 Å². The van der Waals surface area contributed by atoms with Gasteiger partial charge in [-0.15, -0.1) is 11.3 Å². The first-order chi connectivity index (χ1) is 13.2. The molecule has 28 heavy (non-hydrogen) atoms. The Kier molecular flexibility index (Phi) is 5.76. The van der Waals surface area contributed by atoms with Crippen molar-refractivity contribution in [3.05, 3.63) is 59.0 Å². The van der Waals surface area contributed by atoms with E-state index in [2.05, 4.69) is 5.32 Å². The van der Waals surface area contributed by atoms with Gasteiger partial charge in [0.05, 0.1) is 15.5 Å². The van der Waals surface area contributed by atoms with Gasteiger partial charge in [0, 0.05) is 17.8 Å². The van der Waals surface area contributed by atoms with Crippen LogP contribution in [0, 0.1) is 6.92 Å². The van der Waals surface area contributed by atoms with Crippen molar-refractivity contribution in [2.45, 2.75) is 38.1 Å². The van der Waals surface area contributed by atoms with Crippen molar-refractivity contribution in [2.24, 2.45) is 0 Å². The Labute approximate surface area is 170 Å². The monoisotopic (exact) mass is 416 g/mol. The van der Waals surface area contributed by atoms with Crippen molar-refractivity contribution in [2.75, 3.05) is 11.4 Å². The number of nitrogens with zero attached hydrogens (tertiary/aromatic N) is 1. The van der Waals surface area contributed by atoms with Crippen LogP contribution in [0.4, 0.5) is 5.69 Å². The van der Waals surface area contributed by atoms with Crippen LogP contribution in [0.1, 0.15) is 35.5 Å². The zero-order valence-corrected chi connectivity index (χ0v) is 18.0. The van der Waals surface area contributed by atoms with Crippen LogP contribution in [0.2, 0.25) is 0 Å². The number of sulfonamides is 1. The molecular weight excluding hydrogens is 392 g/mol. The van der Waals surface area contributed by atoms with Crippen LogP contribution in [0.25, 0.3) is 10.1 Å². The average molecular weight is 417 g/mol. The molecule has 0 saturated carbocycles. The second-order valence-corrected chi connectivity index (χ2v) is 9.95. The van der Waals surface area contributed by atoms with Gasteiger partial charge in [-0.2, -0.15) is 0 Å². The molecular formula is C21H24N2O3S2. The summed E-state index contributed by atoms with van der Waals surface area (Å²) in [4.78, 5) is 13.2. The molecule has 1 aromatic heterocycles. The topological polar surface area (TPSA) is 66.5 Å². The summed E-state index contributed by atoms with van der Waals surface area (Å²) in [7, 11) is -2.11. The molecule has 0 unspecified atom stereocenters. The Morgan fingerprint density at radius 1 is 1.14 bits per heavy atom. The highest BCUT2D eigenvalue weighted by molar-refractivity contribution is 7.92. The van der Waals surface area contributed by atoms with Crippen molar-refractivity contribution in [3.63, 3.8) is 0 Å². The first-order valence-corrected chi connectivity index (χ1v) is 11.4. The smallest absolute Gasteiger partial charge is 0.264 e. The number of thiophene rings is 1. The molecule has 1 heterocycles. The third kappa shape index (κ3) is 4.05. The molecule has 0 saturated heterocycles. The molecule has 0 bridgehead atoms. The van der Waals surface area contributed by atoms with Gasteiger partial charge >= 0.3 is 0 Å².